The van der Waals surface area contributed by atoms with Crippen molar-refractivity contribution in [1.82, 2.24) is 9.62 Å². The van der Waals surface area contributed by atoms with Crippen LogP contribution in [0.1, 0.15) is 12.0 Å². The number of rotatable bonds is 4. The molecule has 1 saturated heterocycles. The number of hydrogen-bond acceptors (Lipinski definition) is 4. The highest BCUT2D eigenvalue weighted by molar-refractivity contribution is 9.10. The maximum atomic E-state index is 14.5. The summed E-state index contributed by atoms with van der Waals surface area (Å²) in [5.74, 6) is -0.697. The van der Waals surface area contributed by atoms with Crippen LogP contribution in [0.5, 0.6) is 0 Å². The zero-order valence-corrected chi connectivity index (χ0v) is 14.1. The minimum Gasteiger partial charge on any atom is -0.380 e. The summed E-state index contributed by atoms with van der Waals surface area (Å²) in [6.45, 7) is 1.71. The molecule has 2 rings (SSSR count). The van der Waals surface area contributed by atoms with Crippen molar-refractivity contribution in [2.24, 2.45) is 0 Å². The molecule has 0 unspecified atom stereocenters. The summed E-state index contributed by atoms with van der Waals surface area (Å²) in [4.78, 5) is -0.288. The van der Waals surface area contributed by atoms with Gasteiger partial charge in [-0.25, -0.2) is 12.8 Å². The van der Waals surface area contributed by atoms with E-state index in [9.17, 15) is 12.8 Å². The van der Waals surface area contributed by atoms with Crippen LogP contribution in [0.3, 0.4) is 0 Å². The number of ether oxygens (including phenoxy) is 1. The van der Waals surface area contributed by atoms with Gasteiger partial charge < -0.3 is 10.1 Å². The van der Waals surface area contributed by atoms with Crippen LogP contribution in [0.15, 0.2) is 21.5 Å². The topological polar surface area (TPSA) is 58.6 Å². The van der Waals surface area contributed by atoms with E-state index in [0.717, 1.165) is 0 Å². The van der Waals surface area contributed by atoms with Crippen LogP contribution >= 0.6 is 15.9 Å². The first kappa shape index (κ1) is 16.8. The van der Waals surface area contributed by atoms with Gasteiger partial charge in [0.1, 0.15) is 10.7 Å². The van der Waals surface area contributed by atoms with E-state index in [1.165, 1.54) is 10.4 Å². The first-order valence-electron chi connectivity index (χ1n) is 6.67. The molecule has 1 aromatic rings. The van der Waals surface area contributed by atoms with Crippen LogP contribution in [0.2, 0.25) is 0 Å². The number of halogens is 2. The van der Waals surface area contributed by atoms with Crippen molar-refractivity contribution in [2.75, 3.05) is 33.4 Å². The number of sulfonamides is 1. The van der Waals surface area contributed by atoms with Gasteiger partial charge in [-0.05, 0) is 25.6 Å². The lowest BCUT2D eigenvalue weighted by atomic mass is 10.2. The lowest BCUT2D eigenvalue weighted by Crippen LogP contribution is -2.34. The normalized spacial score (nSPS) is 17.7. The maximum Gasteiger partial charge on any atom is 0.246 e. The molecular weight excluding hydrogens is 363 g/mol. The third-order valence-corrected chi connectivity index (χ3v) is 5.60. The zero-order valence-electron chi connectivity index (χ0n) is 11.7. The van der Waals surface area contributed by atoms with Crippen molar-refractivity contribution in [3.63, 3.8) is 0 Å². The molecule has 0 amide bonds. The average Bonchev–Trinajstić information content (AvgIpc) is 2.72. The Morgan fingerprint density at radius 2 is 2.14 bits per heavy atom. The van der Waals surface area contributed by atoms with Crippen LogP contribution in [-0.2, 0) is 21.3 Å². The minimum atomic E-state index is -3.86. The second-order valence-corrected chi connectivity index (χ2v) is 7.60. The smallest absolute Gasteiger partial charge is 0.246 e. The fourth-order valence-electron chi connectivity index (χ4n) is 2.23. The first-order chi connectivity index (χ1) is 9.96. The van der Waals surface area contributed by atoms with Gasteiger partial charge in [-0.3, -0.25) is 0 Å². The Bertz CT molecular complexity index is 602. The highest BCUT2D eigenvalue weighted by Crippen LogP contribution is 2.27. The average molecular weight is 381 g/mol. The Balaban J connectivity index is 2.43. The largest absolute Gasteiger partial charge is 0.380 e. The summed E-state index contributed by atoms with van der Waals surface area (Å²) >= 11 is 3.25. The van der Waals surface area contributed by atoms with E-state index in [1.807, 2.05) is 0 Å². The molecule has 8 heteroatoms. The predicted molar refractivity (Wildman–Crippen MR) is 81.1 cm³/mol. The van der Waals surface area contributed by atoms with E-state index in [2.05, 4.69) is 21.2 Å². The summed E-state index contributed by atoms with van der Waals surface area (Å²) in [7, 11) is -2.18. The van der Waals surface area contributed by atoms with E-state index < -0.39 is 15.8 Å². The summed E-state index contributed by atoms with van der Waals surface area (Å²) in [5, 5.41) is 2.83. The van der Waals surface area contributed by atoms with E-state index in [1.54, 1.807) is 13.1 Å². The van der Waals surface area contributed by atoms with Crippen molar-refractivity contribution in [1.29, 1.82) is 0 Å². The van der Waals surface area contributed by atoms with Crippen molar-refractivity contribution in [3.8, 4) is 0 Å². The van der Waals surface area contributed by atoms with Crippen LogP contribution in [0, 0.1) is 5.82 Å². The molecule has 0 radical (unpaired) electrons. The van der Waals surface area contributed by atoms with Crippen LogP contribution in [0.25, 0.3) is 0 Å². The Kier molecular flexibility index (Phi) is 5.73. The molecule has 1 heterocycles. The Morgan fingerprint density at radius 1 is 1.38 bits per heavy atom. The van der Waals surface area contributed by atoms with Crippen LogP contribution < -0.4 is 5.32 Å². The van der Waals surface area contributed by atoms with Crippen LogP contribution in [0.4, 0.5) is 4.39 Å². The summed E-state index contributed by atoms with van der Waals surface area (Å²) < 4.78 is 46.9. The fraction of sp³-hybridized carbons (Fsp3) is 0.538. The second kappa shape index (κ2) is 7.15. The third kappa shape index (κ3) is 3.81. The zero-order chi connectivity index (χ0) is 15.5. The van der Waals surface area contributed by atoms with Gasteiger partial charge in [0.05, 0.1) is 6.61 Å². The number of benzene rings is 1. The molecule has 1 aromatic carbocycles. The molecule has 21 heavy (non-hydrogen) atoms. The van der Waals surface area contributed by atoms with E-state index >= 15 is 0 Å². The molecule has 1 aliphatic rings. The number of nitrogens with zero attached hydrogens (tertiary/aromatic N) is 1. The van der Waals surface area contributed by atoms with Gasteiger partial charge in [0.2, 0.25) is 10.0 Å². The molecule has 0 spiro atoms. The highest BCUT2D eigenvalue weighted by atomic mass is 79.9. The van der Waals surface area contributed by atoms with E-state index in [4.69, 9.17) is 4.74 Å². The monoisotopic (exact) mass is 380 g/mol. The summed E-state index contributed by atoms with van der Waals surface area (Å²) in [6, 6.07) is 2.89. The SMILES string of the molecule is CNCc1cc(Br)cc(S(=O)(=O)N2CCCOCC2)c1F. The maximum absolute atomic E-state index is 14.5. The molecular formula is C13H18BrFN2O3S. The molecule has 118 valence electrons. The van der Waals surface area contributed by atoms with E-state index in [-0.39, 0.29) is 18.0 Å². The third-order valence-electron chi connectivity index (χ3n) is 3.25. The highest BCUT2D eigenvalue weighted by Gasteiger charge is 2.29. The number of hydrogen-bond donors (Lipinski definition) is 1. The van der Waals surface area contributed by atoms with Gasteiger partial charge in [0, 0.05) is 36.3 Å². The second-order valence-electron chi connectivity index (χ2n) is 4.78. The molecule has 1 fully saturated rings. The molecule has 0 saturated carbocycles. The molecule has 1 aliphatic heterocycles. The van der Waals surface area contributed by atoms with E-state index in [0.29, 0.717) is 36.2 Å². The van der Waals surface area contributed by atoms with Gasteiger partial charge in [-0.1, -0.05) is 15.9 Å². The Hall–Kier alpha value is -0.540. The lowest BCUT2D eigenvalue weighted by Gasteiger charge is -2.20. The molecule has 0 aromatic heterocycles. The van der Waals surface area contributed by atoms with Crippen molar-refractivity contribution >= 4 is 26.0 Å². The standard InChI is InChI=1S/C13H18BrFN2O3S/c1-16-9-10-7-11(14)8-12(13(10)15)21(18,19)17-3-2-5-20-6-4-17/h7-8,16H,2-6,9H2,1H3. The Morgan fingerprint density at radius 3 is 2.86 bits per heavy atom. The van der Waals surface area contributed by atoms with Gasteiger partial charge in [0.25, 0.3) is 0 Å². The molecule has 1 N–H and O–H groups in total. The lowest BCUT2D eigenvalue weighted by molar-refractivity contribution is 0.148. The summed E-state index contributed by atoms with van der Waals surface area (Å²) in [6.07, 6.45) is 0.609. The van der Waals surface area contributed by atoms with Gasteiger partial charge in [-0.2, -0.15) is 4.31 Å². The fourth-order valence-corrected chi connectivity index (χ4v) is 4.48. The quantitative estimate of drug-likeness (QED) is 0.863. The van der Waals surface area contributed by atoms with Crippen molar-refractivity contribution in [2.45, 2.75) is 17.9 Å². The molecule has 5 nitrogen and oxygen atoms in total. The first-order valence-corrected chi connectivity index (χ1v) is 8.90. The predicted octanol–water partition coefficient (Wildman–Crippen LogP) is 1.72. The molecule has 0 atom stereocenters. The Labute approximate surface area is 132 Å². The van der Waals surface area contributed by atoms with Gasteiger partial charge >= 0.3 is 0 Å². The van der Waals surface area contributed by atoms with Gasteiger partial charge in [-0.15, -0.1) is 0 Å². The molecule has 0 bridgehead atoms. The van der Waals surface area contributed by atoms with Crippen molar-refractivity contribution in [3.05, 3.63) is 28.0 Å². The van der Waals surface area contributed by atoms with Gasteiger partial charge in [0.15, 0.2) is 0 Å². The van der Waals surface area contributed by atoms with Crippen molar-refractivity contribution < 1.29 is 17.5 Å². The number of nitrogens with one attached hydrogen (secondary N) is 1. The molecule has 0 aliphatic carbocycles. The summed E-state index contributed by atoms with van der Waals surface area (Å²) in [5.41, 5.74) is 0.316. The van der Waals surface area contributed by atoms with Crippen LogP contribution in [-0.4, -0.2) is 46.1 Å². The minimum absolute atomic E-state index is 0.246.